The zero-order valence-corrected chi connectivity index (χ0v) is 13.0. The summed E-state index contributed by atoms with van der Waals surface area (Å²) in [7, 11) is 0. The van der Waals surface area contributed by atoms with Gasteiger partial charge in [0, 0.05) is 31.9 Å². The molecule has 1 aliphatic rings. The number of carbonyl (C=O) groups is 1. The van der Waals surface area contributed by atoms with Crippen LogP contribution in [0.3, 0.4) is 0 Å². The lowest BCUT2D eigenvalue weighted by Crippen LogP contribution is -2.48. The van der Waals surface area contributed by atoms with E-state index >= 15 is 0 Å². The van der Waals surface area contributed by atoms with Gasteiger partial charge in [0.2, 0.25) is 0 Å². The van der Waals surface area contributed by atoms with Crippen LogP contribution >= 0.6 is 0 Å². The summed E-state index contributed by atoms with van der Waals surface area (Å²) >= 11 is 0. The van der Waals surface area contributed by atoms with Crippen LogP contribution < -0.4 is 5.56 Å². The van der Waals surface area contributed by atoms with E-state index < -0.39 is 18.2 Å². The van der Waals surface area contributed by atoms with Crippen molar-refractivity contribution in [2.45, 2.75) is 38.9 Å². The normalized spacial score (nSPS) is 17.5. The second kappa shape index (κ2) is 7.05. The molecular weight excluding hydrogens is 287 g/mol. The highest BCUT2D eigenvalue weighted by Gasteiger charge is 2.26. The summed E-state index contributed by atoms with van der Waals surface area (Å²) in [5, 5.41) is 9.38. The fraction of sp³-hybridized carbons (Fsp3) is 0.625. The van der Waals surface area contributed by atoms with Crippen molar-refractivity contribution >= 4 is 5.97 Å². The highest BCUT2D eigenvalue weighted by Crippen LogP contribution is 2.17. The highest BCUT2D eigenvalue weighted by molar-refractivity contribution is 5.71. The molecule has 0 saturated carbocycles. The molecule has 1 fully saturated rings. The molecule has 1 aromatic rings. The standard InChI is InChI=1S/C16H23FN2O3/c1-11(2)7-14(16(21)22)19-8-12(3-4-15(19)20)5-6-18-9-13(17)10-18/h3-4,8,11,13-14H,5-7,9-10H2,1-2H3,(H,21,22). The number of halogens is 1. The lowest BCUT2D eigenvalue weighted by molar-refractivity contribution is -0.141. The van der Waals surface area contributed by atoms with Gasteiger partial charge in [-0.15, -0.1) is 0 Å². The lowest BCUT2D eigenvalue weighted by Gasteiger charge is -2.34. The van der Waals surface area contributed by atoms with Gasteiger partial charge < -0.3 is 9.67 Å². The van der Waals surface area contributed by atoms with Crippen LogP contribution in [0.25, 0.3) is 0 Å². The van der Waals surface area contributed by atoms with Gasteiger partial charge in [0.05, 0.1) is 0 Å². The summed E-state index contributed by atoms with van der Waals surface area (Å²) in [5.74, 6) is -0.810. The van der Waals surface area contributed by atoms with E-state index in [4.69, 9.17) is 0 Å². The number of carboxylic acid groups (broad SMARTS) is 1. The van der Waals surface area contributed by atoms with Crippen molar-refractivity contribution in [1.82, 2.24) is 9.47 Å². The molecule has 0 amide bonds. The number of hydrogen-bond donors (Lipinski definition) is 1. The molecule has 5 nitrogen and oxygen atoms in total. The zero-order valence-electron chi connectivity index (χ0n) is 13.0. The van der Waals surface area contributed by atoms with Crippen LogP contribution in [-0.4, -0.2) is 46.3 Å². The van der Waals surface area contributed by atoms with Crippen molar-refractivity contribution in [2.24, 2.45) is 5.92 Å². The Hall–Kier alpha value is -1.69. The first kappa shape index (κ1) is 16.7. The SMILES string of the molecule is CC(C)CC(C(=O)O)n1cc(CCN2CC(F)C2)ccc1=O. The van der Waals surface area contributed by atoms with Crippen LogP contribution in [0.5, 0.6) is 0 Å². The van der Waals surface area contributed by atoms with E-state index in [0.717, 1.165) is 12.1 Å². The van der Waals surface area contributed by atoms with Crippen LogP contribution in [0.15, 0.2) is 23.1 Å². The summed E-state index contributed by atoms with van der Waals surface area (Å²) in [6, 6.07) is 2.30. The van der Waals surface area contributed by atoms with Gasteiger partial charge in [-0.05, 0) is 24.3 Å². The molecule has 0 aliphatic carbocycles. The molecule has 2 rings (SSSR count). The molecule has 1 unspecified atom stereocenters. The van der Waals surface area contributed by atoms with Crippen LogP contribution in [0.2, 0.25) is 0 Å². The first-order valence-corrected chi connectivity index (χ1v) is 7.67. The molecule has 2 heterocycles. The maximum atomic E-state index is 12.8. The van der Waals surface area contributed by atoms with E-state index in [2.05, 4.69) is 0 Å². The summed E-state index contributed by atoms with van der Waals surface area (Å²) in [4.78, 5) is 25.4. The van der Waals surface area contributed by atoms with Gasteiger partial charge in [0.25, 0.3) is 5.56 Å². The lowest BCUT2D eigenvalue weighted by atomic mass is 10.0. The number of aliphatic carboxylic acids is 1. The number of alkyl halides is 1. The Morgan fingerprint density at radius 3 is 2.64 bits per heavy atom. The van der Waals surface area contributed by atoms with Crippen molar-refractivity contribution in [3.63, 3.8) is 0 Å². The van der Waals surface area contributed by atoms with Gasteiger partial charge in [0.1, 0.15) is 12.2 Å². The second-order valence-corrected chi connectivity index (χ2v) is 6.37. The molecule has 6 heteroatoms. The van der Waals surface area contributed by atoms with Gasteiger partial charge >= 0.3 is 5.97 Å². The molecule has 0 spiro atoms. The molecule has 1 N–H and O–H groups in total. The summed E-state index contributed by atoms with van der Waals surface area (Å²) in [6.45, 7) is 5.51. The Morgan fingerprint density at radius 1 is 1.41 bits per heavy atom. The van der Waals surface area contributed by atoms with Crippen LogP contribution in [-0.2, 0) is 11.2 Å². The van der Waals surface area contributed by atoms with E-state index in [1.54, 1.807) is 12.3 Å². The Bertz CT molecular complexity index is 579. The third-order valence-electron chi connectivity index (χ3n) is 3.94. The van der Waals surface area contributed by atoms with Crippen molar-refractivity contribution in [1.29, 1.82) is 0 Å². The first-order valence-electron chi connectivity index (χ1n) is 7.67. The highest BCUT2D eigenvalue weighted by atomic mass is 19.1. The maximum Gasteiger partial charge on any atom is 0.326 e. The summed E-state index contributed by atoms with van der Waals surface area (Å²) < 4.78 is 14.1. The monoisotopic (exact) mass is 310 g/mol. The first-order chi connectivity index (χ1) is 10.4. The molecule has 122 valence electrons. The fourth-order valence-corrected chi connectivity index (χ4v) is 2.70. The van der Waals surface area contributed by atoms with Crippen molar-refractivity contribution in [3.8, 4) is 0 Å². The maximum absolute atomic E-state index is 12.8. The van der Waals surface area contributed by atoms with Crippen molar-refractivity contribution < 1.29 is 14.3 Å². The number of nitrogens with zero attached hydrogens (tertiary/aromatic N) is 2. The smallest absolute Gasteiger partial charge is 0.326 e. The van der Waals surface area contributed by atoms with Crippen LogP contribution in [0, 0.1) is 5.92 Å². The predicted molar refractivity (Wildman–Crippen MR) is 81.9 cm³/mol. The van der Waals surface area contributed by atoms with E-state index in [1.807, 2.05) is 18.7 Å². The fourth-order valence-electron chi connectivity index (χ4n) is 2.70. The van der Waals surface area contributed by atoms with E-state index in [9.17, 15) is 19.1 Å². The van der Waals surface area contributed by atoms with Gasteiger partial charge in [-0.3, -0.25) is 9.69 Å². The number of likely N-dealkylation sites (tertiary alicyclic amines) is 1. The number of rotatable bonds is 7. The average Bonchev–Trinajstić information content (AvgIpc) is 2.41. The number of aromatic nitrogens is 1. The summed E-state index contributed by atoms with van der Waals surface area (Å²) in [5.41, 5.74) is 0.599. The third kappa shape index (κ3) is 4.16. The average molecular weight is 310 g/mol. The molecule has 1 saturated heterocycles. The molecule has 1 aliphatic heterocycles. The molecule has 1 aromatic heterocycles. The quantitative estimate of drug-likeness (QED) is 0.833. The van der Waals surface area contributed by atoms with Crippen LogP contribution in [0.4, 0.5) is 4.39 Å². The molecule has 0 bridgehead atoms. The molecular formula is C16H23FN2O3. The Labute approximate surface area is 129 Å². The number of pyridine rings is 1. The largest absolute Gasteiger partial charge is 0.480 e. The van der Waals surface area contributed by atoms with E-state index in [0.29, 0.717) is 25.9 Å². The predicted octanol–water partition coefficient (Wildman–Crippen LogP) is 1.72. The molecule has 1 atom stereocenters. The molecule has 22 heavy (non-hydrogen) atoms. The van der Waals surface area contributed by atoms with Gasteiger partial charge in [0.15, 0.2) is 0 Å². The van der Waals surface area contributed by atoms with Crippen LogP contribution in [0.1, 0.15) is 31.9 Å². The van der Waals surface area contributed by atoms with E-state index in [-0.39, 0.29) is 11.5 Å². The second-order valence-electron chi connectivity index (χ2n) is 6.37. The van der Waals surface area contributed by atoms with Crippen molar-refractivity contribution in [2.75, 3.05) is 19.6 Å². The third-order valence-corrected chi connectivity index (χ3v) is 3.94. The zero-order chi connectivity index (χ0) is 16.3. The minimum absolute atomic E-state index is 0.180. The van der Waals surface area contributed by atoms with Gasteiger partial charge in [-0.1, -0.05) is 19.9 Å². The summed E-state index contributed by atoms with van der Waals surface area (Å²) in [6.07, 6.45) is 2.00. The number of hydrogen-bond acceptors (Lipinski definition) is 3. The molecule has 0 aromatic carbocycles. The number of carboxylic acids is 1. The Balaban J connectivity index is 2.10. The Morgan fingerprint density at radius 2 is 2.09 bits per heavy atom. The van der Waals surface area contributed by atoms with Crippen molar-refractivity contribution in [3.05, 3.63) is 34.2 Å². The van der Waals surface area contributed by atoms with E-state index in [1.165, 1.54) is 10.6 Å². The molecule has 0 radical (unpaired) electrons. The van der Waals surface area contributed by atoms with Gasteiger partial charge in [-0.25, -0.2) is 9.18 Å². The van der Waals surface area contributed by atoms with Gasteiger partial charge in [-0.2, -0.15) is 0 Å². The topological polar surface area (TPSA) is 62.5 Å². The minimum atomic E-state index is -0.990. The Kier molecular flexibility index (Phi) is 5.34. The minimum Gasteiger partial charge on any atom is -0.480 e.